The van der Waals surface area contributed by atoms with Crippen molar-refractivity contribution in [1.82, 2.24) is 20.2 Å². The van der Waals surface area contributed by atoms with Crippen molar-refractivity contribution in [3.8, 4) is 0 Å². The van der Waals surface area contributed by atoms with Crippen LogP contribution in [0.1, 0.15) is 69.7 Å². The summed E-state index contributed by atoms with van der Waals surface area (Å²) in [5.41, 5.74) is -1.01. The van der Waals surface area contributed by atoms with Crippen molar-refractivity contribution in [2.75, 3.05) is 25.4 Å². The van der Waals surface area contributed by atoms with Crippen LogP contribution in [-0.2, 0) is 6.52 Å². The fraction of sp³-hybridized carbons (Fsp3) is 0.435. The van der Waals surface area contributed by atoms with E-state index in [1.807, 2.05) is 0 Å². The topological polar surface area (TPSA) is 70.2 Å². The van der Waals surface area contributed by atoms with Gasteiger partial charge in [0.1, 0.15) is 24.1 Å². The van der Waals surface area contributed by atoms with Crippen LogP contribution in [0.25, 0.3) is 10.2 Å². The van der Waals surface area contributed by atoms with Gasteiger partial charge >= 0.3 is 0 Å². The third kappa shape index (κ3) is 4.85. The molecule has 1 saturated heterocycles. The molecule has 0 saturated carbocycles. The molecule has 0 aliphatic carbocycles. The van der Waals surface area contributed by atoms with Crippen LogP contribution in [0.15, 0.2) is 30.5 Å². The Morgan fingerprint density at radius 2 is 2.35 bits per heavy atom. The fourth-order valence-corrected chi connectivity index (χ4v) is 3.74. The summed E-state index contributed by atoms with van der Waals surface area (Å²) >= 11 is 0.896. The number of nitrogens with zero attached hydrogens (tertiary/aromatic N) is 3. The molecule has 1 aliphatic heterocycles. The van der Waals surface area contributed by atoms with E-state index in [0.29, 0.717) is 0 Å². The minimum Gasteiger partial charge on any atom is -0.367 e. The number of anilines is 1. The number of benzene rings is 1. The standard InChI is InChI=1S/C23H28FN5OS/c1-14(2)20-11-18-21(26-13-27-23(18)31-20)28-16-6-8-29(9-7-16)12-15-4-5-19(24)17(10-15)22(30)25-3/h4-5,10-11,13-14,16H,6-9,12H2,1-3H3,(H,25,30)(H,26,27,28)/i3D3,6D2,7D2,11D,12D,13D,14D,16D/hD2. The molecule has 4 rings (SSSR count). The van der Waals surface area contributed by atoms with Gasteiger partial charge in [-0.2, -0.15) is 0 Å². The number of carbonyl (C=O) groups is 1. The normalized spacial score (nSPS) is 28.1. The van der Waals surface area contributed by atoms with Gasteiger partial charge < -0.3 is 10.6 Å². The molecule has 3 aromatic rings. The van der Waals surface area contributed by atoms with Crippen LogP contribution in [-0.4, -0.2) is 46.9 Å². The van der Waals surface area contributed by atoms with Crippen LogP contribution >= 0.6 is 11.3 Å². The van der Waals surface area contributed by atoms with E-state index < -0.39 is 86.0 Å². The minimum atomic E-state index is -3.21. The number of aromatic nitrogens is 2. The highest BCUT2D eigenvalue weighted by Crippen LogP contribution is 2.33. The molecule has 6 nitrogen and oxygen atoms in total. The van der Waals surface area contributed by atoms with Crippen molar-refractivity contribution in [1.29, 1.82) is 0 Å². The number of halogens is 1. The summed E-state index contributed by atoms with van der Waals surface area (Å²) in [6.07, 6.45) is -6.55. The molecule has 0 radical (unpaired) electrons. The van der Waals surface area contributed by atoms with Crippen molar-refractivity contribution in [2.45, 2.75) is 45.0 Å². The number of rotatable bonds is 6. The summed E-state index contributed by atoms with van der Waals surface area (Å²) in [4.78, 5) is 21.5. The highest BCUT2D eigenvalue weighted by Gasteiger charge is 2.21. The maximum atomic E-state index is 14.5. The van der Waals surface area contributed by atoms with E-state index in [0.717, 1.165) is 34.4 Å². The predicted molar refractivity (Wildman–Crippen MR) is 123 cm³/mol. The quantitative estimate of drug-likeness (QED) is 0.577. The lowest BCUT2D eigenvalue weighted by Gasteiger charge is -2.32. The first-order valence-corrected chi connectivity index (χ1v) is 10.0. The van der Waals surface area contributed by atoms with Crippen molar-refractivity contribution in [2.24, 2.45) is 0 Å². The first-order chi connectivity index (χ1) is 20.3. The van der Waals surface area contributed by atoms with Gasteiger partial charge in [-0.05, 0) is 42.4 Å². The summed E-state index contributed by atoms with van der Waals surface area (Å²) in [5, 5.41) is -0.382. The van der Waals surface area contributed by atoms with Gasteiger partial charge in [0.25, 0.3) is 5.91 Å². The maximum absolute atomic E-state index is 14.5. The van der Waals surface area contributed by atoms with E-state index in [1.165, 1.54) is 13.8 Å². The van der Waals surface area contributed by atoms with E-state index in [4.69, 9.17) is 19.3 Å². The van der Waals surface area contributed by atoms with Gasteiger partial charge in [0.05, 0.1) is 13.7 Å². The number of carbonyl (C=O) groups excluding carboxylic acids is 1. The first-order valence-electron chi connectivity index (χ1n) is 16.2. The van der Waals surface area contributed by atoms with Crippen LogP contribution in [0.5, 0.6) is 0 Å². The molecule has 8 heteroatoms. The predicted octanol–water partition coefficient (Wildman–Crippen LogP) is 4.39. The van der Waals surface area contributed by atoms with Crippen LogP contribution in [0.2, 0.25) is 2.82 Å². The molecule has 164 valence electrons. The maximum Gasteiger partial charge on any atom is 0.254 e. The lowest BCUT2D eigenvalue weighted by atomic mass is 10.0. The number of amides is 1. The Morgan fingerprint density at radius 3 is 3.10 bits per heavy atom. The number of likely N-dealkylation sites (tertiary alicyclic amines) is 1. The van der Waals surface area contributed by atoms with E-state index in [2.05, 4.69) is 9.97 Å². The van der Waals surface area contributed by atoms with Gasteiger partial charge in [0, 0.05) is 49.8 Å². The molecule has 1 atom stereocenters. The highest BCUT2D eigenvalue weighted by molar-refractivity contribution is 7.18. The van der Waals surface area contributed by atoms with Gasteiger partial charge in [-0.25, -0.2) is 14.4 Å². The average molecular weight is 456 g/mol. The van der Waals surface area contributed by atoms with Crippen molar-refractivity contribution in [3.05, 3.63) is 52.4 Å². The number of nitrogens with one attached hydrogen (secondary N) is 2. The molecular formula is C23H28FN5OS. The van der Waals surface area contributed by atoms with Gasteiger partial charge in [-0.1, -0.05) is 19.9 Å². The summed E-state index contributed by atoms with van der Waals surface area (Å²) in [6, 6.07) is -0.719. The zero-order chi connectivity index (χ0) is 34.2. The lowest BCUT2D eigenvalue weighted by Crippen LogP contribution is -2.38. The molecular weight excluding hydrogens is 413 g/mol. The molecule has 31 heavy (non-hydrogen) atoms. The molecule has 1 amide bonds. The molecule has 0 bridgehead atoms. The smallest absolute Gasteiger partial charge is 0.254 e. The molecule has 1 aromatic carbocycles. The van der Waals surface area contributed by atoms with E-state index >= 15 is 0 Å². The molecule has 1 aliphatic rings. The SMILES string of the molecule is [2H]c1nc(N([2H])C2([2H])C([2H])([2H])CN(C([2H])c3ccc(F)c(C(=O)N([2H])C([2H])([2H])[2H])c3)CC2([2H])[2H])c2c([2H])c(C([2H])(C)C)sc2n1. The highest BCUT2D eigenvalue weighted by atomic mass is 32.1. The third-order valence-corrected chi connectivity index (χ3v) is 5.61. The van der Waals surface area contributed by atoms with E-state index in [1.54, 1.807) is 0 Å². The Hall–Kier alpha value is -2.58. The zero-order valence-corrected chi connectivity index (χ0v) is 17.5. The summed E-state index contributed by atoms with van der Waals surface area (Å²) in [5.74, 6) is -4.57. The average Bonchev–Trinajstić information content (AvgIpc) is 3.25. The fourth-order valence-electron chi connectivity index (χ4n) is 2.86. The Labute approximate surface area is 205 Å². The molecule has 1 fully saturated rings. The van der Waals surface area contributed by atoms with Gasteiger partial charge in [0.2, 0.25) is 0 Å². The Kier molecular flexibility index (Phi) is 3.10. The molecule has 1 unspecified atom stereocenters. The molecule has 3 heterocycles. The van der Waals surface area contributed by atoms with E-state index in [9.17, 15) is 9.18 Å². The van der Waals surface area contributed by atoms with Crippen molar-refractivity contribution >= 4 is 33.3 Å². The summed E-state index contributed by atoms with van der Waals surface area (Å²) in [6.45, 7) is -3.51. The summed E-state index contributed by atoms with van der Waals surface area (Å²) < 4.78 is 130. The molecule has 2 aromatic heterocycles. The van der Waals surface area contributed by atoms with Gasteiger partial charge in [-0.3, -0.25) is 9.69 Å². The zero-order valence-electron chi connectivity index (χ0n) is 30.7. The number of thiophene rings is 1. The first kappa shape index (κ1) is 10.4. The molecule has 2 N–H and O–H groups in total. The monoisotopic (exact) mass is 455 g/mol. The van der Waals surface area contributed by atoms with Crippen LogP contribution < -0.4 is 10.6 Å². The van der Waals surface area contributed by atoms with Crippen LogP contribution in [0.3, 0.4) is 0 Å². The Balaban J connectivity index is 1.74. The third-order valence-electron chi connectivity index (χ3n) is 4.41. The largest absolute Gasteiger partial charge is 0.367 e. The van der Waals surface area contributed by atoms with Crippen molar-refractivity contribution in [3.63, 3.8) is 0 Å². The van der Waals surface area contributed by atoms with E-state index in [-0.39, 0.29) is 32.0 Å². The minimum absolute atomic E-state index is 0.0300. The lowest BCUT2D eigenvalue weighted by molar-refractivity contribution is 0.0959. The van der Waals surface area contributed by atoms with Gasteiger partial charge in [0.15, 0.2) is 2.82 Å². The van der Waals surface area contributed by atoms with Gasteiger partial charge in [-0.15, -0.1) is 11.3 Å². The second-order valence-corrected chi connectivity index (χ2v) is 7.89. The second-order valence-electron chi connectivity index (χ2n) is 6.89. The van der Waals surface area contributed by atoms with Crippen molar-refractivity contribution < 1.29 is 28.5 Å². The number of hydrogen-bond donors (Lipinski definition) is 2. The Morgan fingerprint density at radius 1 is 1.55 bits per heavy atom. The van der Waals surface area contributed by atoms with Crippen LogP contribution in [0.4, 0.5) is 10.2 Å². The number of piperidine rings is 1. The number of hydrogen-bond acceptors (Lipinski definition) is 6. The Bertz CT molecular complexity index is 1630. The molecule has 0 spiro atoms. The summed E-state index contributed by atoms with van der Waals surface area (Å²) in [7, 11) is 0. The van der Waals surface area contributed by atoms with Crippen LogP contribution in [0, 0.1) is 5.82 Å². The second kappa shape index (κ2) is 9.28. The number of fused-ring (bicyclic) bond motifs is 1.